The average Bonchev–Trinajstić information content (AvgIpc) is 2.73. The molecule has 1 fully saturated rings. The zero-order valence-corrected chi connectivity index (χ0v) is 17.3. The Morgan fingerprint density at radius 2 is 1.52 bits per heavy atom. The lowest BCUT2D eigenvalue weighted by molar-refractivity contribution is -0.140. The van der Waals surface area contributed by atoms with E-state index < -0.39 is 21.9 Å². The number of amides is 1. The molecule has 0 unspecified atom stereocenters. The lowest BCUT2D eigenvalue weighted by Crippen LogP contribution is -2.51. The highest BCUT2D eigenvalue weighted by Gasteiger charge is 2.29. The number of nitrogens with zero attached hydrogens (tertiary/aromatic N) is 2. The molecule has 2 aromatic rings. The van der Waals surface area contributed by atoms with Crippen molar-refractivity contribution in [3.8, 4) is 0 Å². The summed E-state index contributed by atoms with van der Waals surface area (Å²) < 4.78 is 29.1. The summed E-state index contributed by atoms with van der Waals surface area (Å²) in [6.45, 7) is 3.93. The number of esters is 1. The Balaban J connectivity index is 1.61. The van der Waals surface area contributed by atoms with Gasteiger partial charge in [-0.15, -0.1) is 0 Å². The normalized spacial score (nSPS) is 15.7. The lowest BCUT2D eigenvalue weighted by atomic mass is 10.2. The van der Waals surface area contributed by atoms with E-state index in [9.17, 15) is 18.0 Å². The summed E-state index contributed by atoms with van der Waals surface area (Å²) in [6.07, 6.45) is 0.0262. The minimum Gasteiger partial charge on any atom is -0.449 e. The monoisotopic (exact) mass is 416 g/mol. The standard InChI is InChI=1S/C21H24N2O5S/c1-16(28-21(25)18-10-6-7-11-19(18)29(2,26)27)20(24)23-14-12-22(13-15-23)17-8-4-3-5-9-17/h3-11,16H,12-15H2,1-2H3/t16-/m1/s1. The molecular formula is C21H24N2O5S. The van der Waals surface area contributed by atoms with E-state index in [1.54, 1.807) is 11.0 Å². The molecule has 0 radical (unpaired) electrons. The largest absolute Gasteiger partial charge is 0.449 e. The smallest absolute Gasteiger partial charge is 0.340 e. The third kappa shape index (κ3) is 4.95. The maximum atomic E-state index is 12.7. The van der Waals surface area contributed by atoms with Crippen LogP contribution in [0, 0.1) is 0 Å². The number of ether oxygens (including phenoxy) is 1. The number of anilines is 1. The number of rotatable bonds is 5. The van der Waals surface area contributed by atoms with E-state index in [1.807, 2.05) is 30.3 Å². The molecule has 1 aliphatic rings. The molecule has 0 bridgehead atoms. The quantitative estimate of drug-likeness (QED) is 0.693. The van der Waals surface area contributed by atoms with Crippen LogP contribution >= 0.6 is 0 Å². The van der Waals surface area contributed by atoms with Crippen molar-refractivity contribution >= 4 is 27.4 Å². The van der Waals surface area contributed by atoms with Crippen LogP contribution in [0.1, 0.15) is 17.3 Å². The van der Waals surface area contributed by atoms with Gasteiger partial charge in [0, 0.05) is 38.1 Å². The number of hydrogen-bond acceptors (Lipinski definition) is 6. The van der Waals surface area contributed by atoms with Gasteiger partial charge < -0.3 is 14.5 Å². The Morgan fingerprint density at radius 1 is 0.931 bits per heavy atom. The van der Waals surface area contributed by atoms with E-state index in [0.717, 1.165) is 11.9 Å². The summed E-state index contributed by atoms with van der Waals surface area (Å²) in [5.74, 6) is -1.11. The van der Waals surface area contributed by atoms with Crippen LogP contribution < -0.4 is 4.90 Å². The van der Waals surface area contributed by atoms with E-state index >= 15 is 0 Å². The molecule has 0 saturated carbocycles. The predicted molar refractivity (Wildman–Crippen MR) is 110 cm³/mol. The molecule has 1 atom stereocenters. The van der Waals surface area contributed by atoms with E-state index in [0.29, 0.717) is 26.2 Å². The fourth-order valence-corrected chi connectivity index (χ4v) is 4.19. The van der Waals surface area contributed by atoms with E-state index in [-0.39, 0.29) is 16.4 Å². The van der Waals surface area contributed by atoms with Gasteiger partial charge in [0.05, 0.1) is 10.5 Å². The first-order valence-electron chi connectivity index (χ1n) is 9.36. The number of hydrogen-bond donors (Lipinski definition) is 0. The number of sulfone groups is 1. The summed E-state index contributed by atoms with van der Waals surface area (Å²) in [6, 6.07) is 15.8. The minimum absolute atomic E-state index is 0.0662. The fraction of sp³-hybridized carbons (Fsp3) is 0.333. The van der Waals surface area contributed by atoms with Gasteiger partial charge in [0.15, 0.2) is 15.9 Å². The van der Waals surface area contributed by atoms with Crippen LogP contribution in [0.4, 0.5) is 5.69 Å². The second-order valence-corrected chi connectivity index (χ2v) is 8.95. The van der Waals surface area contributed by atoms with Gasteiger partial charge in [-0.3, -0.25) is 4.79 Å². The van der Waals surface area contributed by atoms with Gasteiger partial charge in [0.25, 0.3) is 5.91 Å². The van der Waals surface area contributed by atoms with E-state index in [1.165, 1.54) is 25.1 Å². The maximum Gasteiger partial charge on any atom is 0.340 e. The zero-order chi connectivity index (χ0) is 21.0. The highest BCUT2D eigenvalue weighted by molar-refractivity contribution is 7.90. The molecular weight excluding hydrogens is 392 g/mol. The zero-order valence-electron chi connectivity index (χ0n) is 16.4. The number of carbonyl (C=O) groups is 2. The van der Waals surface area contributed by atoms with Gasteiger partial charge in [0.1, 0.15) is 0 Å². The Labute approximate surface area is 170 Å². The van der Waals surface area contributed by atoms with Crippen LogP contribution in [0.3, 0.4) is 0 Å². The summed E-state index contributed by atoms with van der Waals surface area (Å²) >= 11 is 0. The molecule has 7 nitrogen and oxygen atoms in total. The fourth-order valence-electron chi connectivity index (χ4n) is 3.31. The van der Waals surface area contributed by atoms with Crippen LogP contribution in [0.25, 0.3) is 0 Å². The molecule has 8 heteroatoms. The van der Waals surface area contributed by atoms with Gasteiger partial charge in [-0.1, -0.05) is 30.3 Å². The molecule has 29 heavy (non-hydrogen) atoms. The SMILES string of the molecule is C[C@@H](OC(=O)c1ccccc1S(C)(=O)=O)C(=O)N1CCN(c2ccccc2)CC1. The Hall–Kier alpha value is -2.87. The van der Waals surface area contributed by atoms with Crippen molar-refractivity contribution in [2.24, 2.45) is 0 Å². The molecule has 2 aromatic carbocycles. The minimum atomic E-state index is -3.59. The van der Waals surface area contributed by atoms with Gasteiger partial charge in [-0.2, -0.15) is 0 Å². The van der Waals surface area contributed by atoms with Crippen molar-refractivity contribution in [2.75, 3.05) is 37.3 Å². The Morgan fingerprint density at radius 3 is 2.14 bits per heavy atom. The van der Waals surface area contributed by atoms with Crippen LogP contribution in [0.5, 0.6) is 0 Å². The van der Waals surface area contributed by atoms with Crippen molar-refractivity contribution in [3.05, 3.63) is 60.2 Å². The molecule has 0 aliphatic carbocycles. The highest BCUT2D eigenvalue weighted by Crippen LogP contribution is 2.19. The van der Waals surface area contributed by atoms with Gasteiger partial charge in [-0.25, -0.2) is 13.2 Å². The van der Waals surface area contributed by atoms with Crippen molar-refractivity contribution in [1.29, 1.82) is 0 Å². The van der Waals surface area contributed by atoms with Crippen LogP contribution in [0.2, 0.25) is 0 Å². The Bertz CT molecular complexity index is 983. The first kappa shape index (κ1) is 20.9. The summed E-state index contributed by atoms with van der Waals surface area (Å²) in [4.78, 5) is 28.9. The molecule has 0 aromatic heterocycles. The molecule has 1 amide bonds. The van der Waals surface area contributed by atoms with Crippen LogP contribution in [-0.2, 0) is 19.4 Å². The molecule has 0 N–H and O–H groups in total. The third-order valence-electron chi connectivity index (χ3n) is 4.85. The number of carbonyl (C=O) groups excluding carboxylic acids is 2. The predicted octanol–water partition coefficient (Wildman–Crippen LogP) is 1.98. The van der Waals surface area contributed by atoms with E-state index in [4.69, 9.17) is 4.74 Å². The topological polar surface area (TPSA) is 84.0 Å². The Kier molecular flexibility index (Phi) is 6.22. The summed E-state index contributed by atoms with van der Waals surface area (Å²) in [5, 5.41) is 0. The van der Waals surface area contributed by atoms with Crippen molar-refractivity contribution < 1.29 is 22.7 Å². The lowest BCUT2D eigenvalue weighted by Gasteiger charge is -2.37. The van der Waals surface area contributed by atoms with Gasteiger partial charge in [0.2, 0.25) is 0 Å². The van der Waals surface area contributed by atoms with Crippen molar-refractivity contribution in [1.82, 2.24) is 4.90 Å². The second-order valence-electron chi connectivity index (χ2n) is 6.96. The summed E-state index contributed by atoms with van der Waals surface area (Å²) in [7, 11) is -3.59. The highest BCUT2D eigenvalue weighted by atomic mass is 32.2. The van der Waals surface area contributed by atoms with E-state index in [2.05, 4.69) is 4.90 Å². The van der Waals surface area contributed by atoms with Crippen molar-refractivity contribution in [3.63, 3.8) is 0 Å². The van der Waals surface area contributed by atoms with Crippen molar-refractivity contribution in [2.45, 2.75) is 17.9 Å². The average molecular weight is 416 g/mol. The van der Waals surface area contributed by atoms with Gasteiger partial charge >= 0.3 is 5.97 Å². The van der Waals surface area contributed by atoms with Gasteiger partial charge in [-0.05, 0) is 31.2 Å². The molecule has 0 spiro atoms. The van der Waals surface area contributed by atoms with Crippen LogP contribution in [0.15, 0.2) is 59.5 Å². The summed E-state index contributed by atoms with van der Waals surface area (Å²) in [5.41, 5.74) is 1.04. The molecule has 154 valence electrons. The molecule has 3 rings (SSSR count). The molecule has 1 aliphatic heterocycles. The molecule has 1 saturated heterocycles. The van der Waals surface area contributed by atoms with Crippen LogP contribution in [-0.4, -0.2) is 63.7 Å². The number of piperazine rings is 1. The first-order valence-corrected chi connectivity index (χ1v) is 11.3. The number of benzene rings is 2. The molecule has 1 heterocycles. The maximum absolute atomic E-state index is 12.7. The number of para-hydroxylation sites is 1. The second kappa shape index (κ2) is 8.65. The first-order chi connectivity index (χ1) is 13.8. The third-order valence-corrected chi connectivity index (χ3v) is 6.01.